The van der Waals surface area contributed by atoms with Crippen LogP contribution in [0.25, 0.3) is 0 Å². The topological polar surface area (TPSA) is 38.1 Å². The Kier molecular flexibility index (Phi) is 4.56. The van der Waals surface area contributed by atoms with Crippen molar-refractivity contribution in [1.82, 2.24) is 9.78 Å². The highest BCUT2D eigenvalue weighted by Crippen LogP contribution is 2.19. The second kappa shape index (κ2) is 5.71. The van der Waals surface area contributed by atoms with E-state index in [-0.39, 0.29) is 0 Å². The zero-order valence-electron chi connectivity index (χ0n) is 9.61. The third kappa shape index (κ3) is 3.20. The minimum Gasteiger partial charge on any atom is -0.387 e. The average Bonchev–Trinajstić information content (AvgIpc) is 2.60. The molecule has 3 heteroatoms. The van der Waals surface area contributed by atoms with Gasteiger partial charge in [0.15, 0.2) is 0 Å². The molecule has 0 saturated heterocycles. The number of hydrogen-bond acceptors (Lipinski definition) is 2. The first-order valence-corrected chi connectivity index (χ1v) is 5.50. The molecule has 0 radical (unpaired) electrons. The van der Waals surface area contributed by atoms with Crippen molar-refractivity contribution in [2.45, 2.75) is 38.7 Å². The van der Waals surface area contributed by atoms with Gasteiger partial charge in [0.05, 0.1) is 17.5 Å². The second-order valence-corrected chi connectivity index (χ2v) is 3.77. The fraction of sp³-hybridized carbons (Fsp3) is 0.583. The van der Waals surface area contributed by atoms with Crippen molar-refractivity contribution in [3.63, 3.8) is 0 Å². The van der Waals surface area contributed by atoms with Crippen LogP contribution in [0, 0.1) is 0 Å². The standard InChI is InChI=1S/C12H20N2O/c1-4-6-7-8-12(15)11-9-10(5-2)13-14(11)3/h4,9,12,15H,1,5-8H2,2-3H3. The molecule has 0 aliphatic carbocycles. The molecule has 0 bridgehead atoms. The van der Waals surface area contributed by atoms with Crippen molar-refractivity contribution >= 4 is 0 Å². The van der Waals surface area contributed by atoms with E-state index in [2.05, 4.69) is 18.6 Å². The number of unbranched alkanes of at least 4 members (excludes halogenated alkanes) is 1. The van der Waals surface area contributed by atoms with E-state index in [1.807, 2.05) is 19.2 Å². The van der Waals surface area contributed by atoms with Crippen molar-refractivity contribution in [2.24, 2.45) is 7.05 Å². The number of nitrogens with zero attached hydrogens (tertiary/aromatic N) is 2. The summed E-state index contributed by atoms with van der Waals surface area (Å²) in [4.78, 5) is 0. The van der Waals surface area contributed by atoms with Crippen LogP contribution in [-0.2, 0) is 13.5 Å². The normalized spacial score (nSPS) is 12.7. The fourth-order valence-corrected chi connectivity index (χ4v) is 1.63. The van der Waals surface area contributed by atoms with Crippen LogP contribution in [-0.4, -0.2) is 14.9 Å². The van der Waals surface area contributed by atoms with E-state index in [4.69, 9.17) is 0 Å². The van der Waals surface area contributed by atoms with E-state index in [9.17, 15) is 5.11 Å². The van der Waals surface area contributed by atoms with Gasteiger partial charge in [0.25, 0.3) is 0 Å². The minimum absolute atomic E-state index is 0.400. The van der Waals surface area contributed by atoms with Crippen molar-refractivity contribution in [1.29, 1.82) is 0 Å². The highest BCUT2D eigenvalue weighted by molar-refractivity contribution is 5.12. The number of rotatable bonds is 6. The molecule has 0 spiro atoms. The molecule has 0 fully saturated rings. The monoisotopic (exact) mass is 208 g/mol. The van der Waals surface area contributed by atoms with Gasteiger partial charge < -0.3 is 5.11 Å². The number of aromatic nitrogens is 2. The summed E-state index contributed by atoms with van der Waals surface area (Å²) in [5.74, 6) is 0. The Morgan fingerprint density at radius 3 is 2.93 bits per heavy atom. The van der Waals surface area contributed by atoms with Gasteiger partial charge in [-0.1, -0.05) is 13.0 Å². The lowest BCUT2D eigenvalue weighted by Gasteiger charge is -2.09. The van der Waals surface area contributed by atoms with Crippen LogP contribution in [0.15, 0.2) is 18.7 Å². The number of aliphatic hydroxyl groups excluding tert-OH is 1. The smallest absolute Gasteiger partial charge is 0.0956 e. The molecule has 0 aliphatic heterocycles. The summed E-state index contributed by atoms with van der Waals surface area (Å²) in [7, 11) is 1.88. The Bertz CT molecular complexity index is 317. The zero-order chi connectivity index (χ0) is 11.3. The second-order valence-electron chi connectivity index (χ2n) is 3.77. The zero-order valence-corrected chi connectivity index (χ0v) is 9.61. The van der Waals surface area contributed by atoms with Gasteiger partial charge in [0.1, 0.15) is 0 Å². The predicted octanol–water partition coefficient (Wildman–Crippen LogP) is 2.37. The van der Waals surface area contributed by atoms with E-state index >= 15 is 0 Å². The number of aryl methyl sites for hydroxylation is 2. The van der Waals surface area contributed by atoms with E-state index in [1.165, 1.54) is 0 Å². The van der Waals surface area contributed by atoms with Gasteiger partial charge in [-0.3, -0.25) is 4.68 Å². The van der Waals surface area contributed by atoms with Crippen LogP contribution in [0.1, 0.15) is 43.7 Å². The molecule has 0 aromatic carbocycles. The molecule has 0 amide bonds. The summed E-state index contributed by atoms with van der Waals surface area (Å²) in [6.07, 6.45) is 5.09. The Morgan fingerprint density at radius 2 is 2.40 bits per heavy atom. The van der Waals surface area contributed by atoms with Gasteiger partial charge in [0, 0.05) is 7.05 Å². The lowest BCUT2D eigenvalue weighted by atomic mass is 10.1. The molecule has 1 atom stereocenters. The maximum atomic E-state index is 9.94. The first-order valence-electron chi connectivity index (χ1n) is 5.50. The molecular formula is C12H20N2O. The SMILES string of the molecule is C=CCCCC(O)c1cc(CC)nn1C. The molecule has 1 unspecified atom stereocenters. The van der Waals surface area contributed by atoms with Gasteiger partial charge in [-0.25, -0.2) is 0 Å². The molecule has 1 aromatic rings. The van der Waals surface area contributed by atoms with Crippen molar-refractivity contribution in [2.75, 3.05) is 0 Å². The maximum Gasteiger partial charge on any atom is 0.0956 e. The first-order chi connectivity index (χ1) is 7.19. The third-order valence-electron chi connectivity index (χ3n) is 2.56. The molecule has 1 N–H and O–H groups in total. The van der Waals surface area contributed by atoms with Gasteiger partial charge in [-0.2, -0.15) is 5.10 Å². The van der Waals surface area contributed by atoms with Crippen molar-refractivity contribution in [3.8, 4) is 0 Å². The molecule has 1 heterocycles. The fourth-order valence-electron chi connectivity index (χ4n) is 1.63. The Balaban J connectivity index is 2.59. The van der Waals surface area contributed by atoms with Gasteiger partial charge >= 0.3 is 0 Å². The number of allylic oxidation sites excluding steroid dienone is 1. The van der Waals surface area contributed by atoms with Crippen molar-refractivity contribution < 1.29 is 5.11 Å². The molecule has 1 rings (SSSR count). The minimum atomic E-state index is -0.400. The summed E-state index contributed by atoms with van der Waals surface area (Å²) >= 11 is 0. The molecule has 0 saturated carbocycles. The number of aliphatic hydroxyl groups is 1. The highest BCUT2D eigenvalue weighted by Gasteiger charge is 2.12. The number of hydrogen-bond donors (Lipinski definition) is 1. The van der Waals surface area contributed by atoms with Crippen LogP contribution >= 0.6 is 0 Å². The summed E-state index contributed by atoms with van der Waals surface area (Å²) in [5.41, 5.74) is 1.95. The summed E-state index contributed by atoms with van der Waals surface area (Å²) in [6.45, 7) is 5.73. The molecular weight excluding hydrogens is 188 g/mol. The van der Waals surface area contributed by atoms with Crippen LogP contribution in [0.5, 0.6) is 0 Å². The van der Waals surface area contributed by atoms with Gasteiger partial charge in [-0.05, 0) is 31.7 Å². The van der Waals surface area contributed by atoms with Crippen molar-refractivity contribution in [3.05, 3.63) is 30.1 Å². The molecule has 3 nitrogen and oxygen atoms in total. The predicted molar refractivity (Wildman–Crippen MR) is 61.6 cm³/mol. The van der Waals surface area contributed by atoms with Crippen LogP contribution in [0.3, 0.4) is 0 Å². The third-order valence-corrected chi connectivity index (χ3v) is 2.56. The van der Waals surface area contributed by atoms with Crippen LogP contribution in [0.4, 0.5) is 0 Å². The van der Waals surface area contributed by atoms with Gasteiger partial charge in [-0.15, -0.1) is 6.58 Å². The van der Waals surface area contributed by atoms with Crippen LogP contribution in [0.2, 0.25) is 0 Å². The first kappa shape index (κ1) is 12.0. The van der Waals surface area contributed by atoms with E-state index < -0.39 is 6.10 Å². The summed E-state index contributed by atoms with van der Waals surface area (Å²) in [5, 5.41) is 14.3. The summed E-state index contributed by atoms with van der Waals surface area (Å²) < 4.78 is 1.78. The lowest BCUT2D eigenvalue weighted by Crippen LogP contribution is -2.05. The van der Waals surface area contributed by atoms with Gasteiger partial charge in [0.2, 0.25) is 0 Å². The molecule has 15 heavy (non-hydrogen) atoms. The van der Waals surface area contributed by atoms with Crippen LogP contribution < -0.4 is 0 Å². The average molecular weight is 208 g/mol. The maximum absolute atomic E-state index is 9.94. The van der Waals surface area contributed by atoms with E-state index in [1.54, 1.807) is 4.68 Å². The van der Waals surface area contributed by atoms with E-state index in [0.29, 0.717) is 0 Å². The lowest BCUT2D eigenvalue weighted by molar-refractivity contribution is 0.155. The largest absolute Gasteiger partial charge is 0.387 e. The Morgan fingerprint density at radius 1 is 1.67 bits per heavy atom. The molecule has 84 valence electrons. The highest BCUT2D eigenvalue weighted by atomic mass is 16.3. The molecule has 1 aromatic heterocycles. The Labute approximate surface area is 91.4 Å². The quantitative estimate of drug-likeness (QED) is 0.575. The summed E-state index contributed by atoms with van der Waals surface area (Å²) in [6, 6.07) is 1.98. The van der Waals surface area contributed by atoms with E-state index in [0.717, 1.165) is 37.1 Å². The molecule has 0 aliphatic rings. The Hall–Kier alpha value is -1.09.